The van der Waals surface area contributed by atoms with Crippen LogP contribution in [0.1, 0.15) is 32.1 Å². The van der Waals surface area contributed by atoms with Crippen LogP contribution in [-0.2, 0) is 4.79 Å². The third-order valence-corrected chi connectivity index (χ3v) is 3.62. The maximum atomic E-state index is 11.3. The Balaban J connectivity index is 1.89. The summed E-state index contributed by atoms with van der Waals surface area (Å²) in [5.74, 6) is -0.00824. The van der Waals surface area contributed by atoms with Gasteiger partial charge in [-0.05, 0) is 45.2 Å². The van der Waals surface area contributed by atoms with Gasteiger partial charge in [-0.3, -0.25) is 9.69 Å². The van der Waals surface area contributed by atoms with E-state index in [9.17, 15) is 4.79 Å². The molecule has 1 amide bonds. The fourth-order valence-electron chi connectivity index (χ4n) is 2.88. The van der Waals surface area contributed by atoms with Gasteiger partial charge in [-0.25, -0.2) is 0 Å². The van der Waals surface area contributed by atoms with E-state index in [4.69, 9.17) is 5.73 Å². The zero-order valence-corrected chi connectivity index (χ0v) is 9.24. The first-order valence-electron chi connectivity index (χ1n) is 6.05. The Morgan fingerprint density at radius 2 is 2.00 bits per heavy atom. The zero-order valence-electron chi connectivity index (χ0n) is 9.24. The summed E-state index contributed by atoms with van der Waals surface area (Å²) >= 11 is 0. The minimum atomic E-state index is -0.00824. The van der Waals surface area contributed by atoms with Crippen LogP contribution in [0.25, 0.3) is 0 Å². The van der Waals surface area contributed by atoms with Crippen LogP contribution in [0.2, 0.25) is 0 Å². The van der Waals surface area contributed by atoms with Gasteiger partial charge in [0.15, 0.2) is 0 Å². The molecule has 1 heterocycles. The van der Waals surface area contributed by atoms with Gasteiger partial charge in [0.25, 0.3) is 0 Å². The van der Waals surface area contributed by atoms with Crippen molar-refractivity contribution in [3.8, 4) is 0 Å². The third kappa shape index (κ3) is 2.49. The summed E-state index contributed by atoms with van der Waals surface area (Å²) in [6, 6.07) is 0.919. The quantitative estimate of drug-likeness (QED) is 0.695. The largest absolute Gasteiger partial charge is 0.351 e. The van der Waals surface area contributed by atoms with Gasteiger partial charge in [0.1, 0.15) is 0 Å². The molecule has 4 heteroatoms. The van der Waals surface area contributed by atoms with E-state index in [0.29, 0.717) is 12.1 Å². The maximum Gasteiger partial charge on any atom is 0.234 e. The first kappa shape index (κ1) is 10.9. The highest BCUT2D eigenvalue weighted by molar-refractivity contribution is 5.78. The topological polar surface area (TPSA) is 58.4 Å². The van der Waals surface area contributed by atoms with E-state index in [1.807, 2.05) is 0 Å². The molecule has 86 valence electrons. The Kier molecular flexibility index (Phi) is 3.59. The Bertz CT molecular complexity index is 226. The van der Waals surface area contributed by atoms with E-state index in [1.165, 1.54) is 38.8 Å². The van der Waals surface area contributed by atoms with Gasteiger partial charge >= 0.3 is 0 Å². The number of carbonyl (C=O) groups is 1. The minimum absolute atomic E-state index is 0.00824. The summed E-state index contributed by atoms with van der Waals surface area (Å²) in [6.07, 6.45) is 6.21. The van der Waals surface area contributed by atoms with Crippen LogP contribution in [0.5, 0.6) is 0 Å². The highest BCUT2D eigenvalue weighted by Gasteiger charge is 2.33. The van der Waals surface area contributed by atoms with Gasteiger partial charge in [0.05, 0.1) is 6.54 Å². The van der Waals surface area contributed by atoms with Crippen LogP contribution in [0.3, 0.4) is 0 Å². The van der Waals surface area contributed by atoms with E-state index in [1.54, 1.807) is 0 Å². The summed E-state index contributed by atoms with van der Waals surface area (Å²) in [7, 11) is 0. The highest BCUT2D eigenvalue weighted by atomic mass is 16.1. The molecule has 1 aliphatic carbocycles. The van der Waals surface area contributed by atoms with Crippen LogP contribution >= 0.6 is 0 Å². The average Bonchev–Trinajstić information content (AvgIpc) is 2.86. The first-order chi connectivity index (χ1) is 7.31. The van der Waals surface area contributed by atoms with Crippen molar-refractivity contribution in [2.45, 2.75) is 44.2 Å². The van der Waals surface area contributed by atoms with Gasteiger partial charge in [-0.15, -0.1) is 0 Å². The van der Waals surface area contributed by atoms with Crippen molar-refractivity contribution in [3.05, 3.63) is 0 Å². The number of rotatable bonds is 3. The van der Waals surface area contributed by atoms with Crippen molar-refractivity contribution in [3.63, 3.8) is 0 Å². The molecule has 0 unspecified atom stereocenters. The number of carbonyl (C=O) groups excluding carboxylic acids is 1. The predicted molar refractivity (Wildman–Crippen MR) is 59.4 cm³/mol. The maximum absolute atomic E-state index is 11.3. The van der Waals surface area contributed by atoms with Crippen molar-refractivity contribution in [1.29, 1.82) is 0 Å². The summed E-state index contributed by atoms with van der Waals surface area (Å²) < 4.78 is 0. The molecule has 3 N–H and O–H groups in total. The molecule has 2 fully saturated rings. The molecule has 15 heavy (non-hydrogen) atoms. The molecule has 0 aromatic carbocycles. The van der Waals surface area contributed by atoms with E-state index in [0.717, 1.165) is 6.42 Å². The number of nitrogens with two attached hydrogens (primary N) is 1. The lowest BCUT2D eigenvalue weighted by Crippen LogP contribution is -2.49. The van der Waals surface area contributed by atoms with E-state index >= 15 is 0 Å². The van der Waals surface area contributed by atoms with Crippen molar-refractivity contribution in [1.82, 2.24) is 10.2 Å². The third-order valence-electron chi connectivity index (χ3n) is 3.62. The van der Waals surface area contributed by atoms with E-state index < -0.39 is 0 Å². The smallest absolute Gasteiger partial charge is 0.234 e. The number of amides is 1. The standard InChI is InChI=1S/C11H21N3O/c12-8-11(15)13-9-4-3-5-10(9)14-6-1-2-7-14/h9-10H,1-8,12H2,(H,13,15)/t9-,10-/m1/s1. The van der Waals surface area contributed by atoms with Crippen LogP contribution in [0.4, 0.5) is 0 Å². The molecule has 0 bridgehead atoms. The molecule has 2 atom stereocenters. The number of nitrogens with zero attached hydrogens (tertiary/aromatic N) is 1. The van der Waals surface area contributed by atoms with Crippen molar-refractivity contribution < 1.29 is 4.79 Å². The molecule has 1 saturated carbocycles. The normalized spacial score (nSPS) is 32.1. The lowest BCUT2D eigenvalue weighted by molar-refractivity contribution is -0.120. The highest BCUT2D eigenvalue weighted by Crippen LogP contribution is 2.26. The number of hydrogen-bond acceptors (Lipinski definition) is 3. The number of hydrogen-bond donors (Lipinski definition) is 2. The van der Waals surface area contributed by atoms with Gasteiger partial charge < -0.3 is 11.1 Å². The summed E-state index contributed by atoms with van der Waals surface area (Å²) in [5.41, 5.74) is 5.32. The molecule has 2 rings (SSSR count). The Hall–Kier alpha value is -0.610. The second-order valence-corrected chi connectivity index (χ2v) is 4.62. The molecule has 2 aliphatic rings. The van der Waals surface area contributed by atoms with Gasteiger partial charge in [-0.1, -0.05) is 0 Å². The monoisotopic (exact) mass is 211 g/mol. The lowest BCUT2D eigenvalue weighted by atomic mass is 10.1. The summed E-state index contributed by atoms with van der Waals surface area (Å²) in [6.45, 7) is 2.53. The Morgan fingerprint density at radius 3 is 2.67 bits per heavy atom. The minimum Gasteiger partial charge on any atom is -0.351 e. The van der Waals surface area contributed by atoms with Crippen molar-refractivity contribution in [2.24, 2.45) is 5.73 Å². The van der Waals surface area contributed by atoms with Crippen LogP contribution in [0, 0.1) is 0 Å². The predicted octanol–water partition coefficient (Wildman–Crippen LogP) is 0.0782. The molecule has 4 nitrogen and oxygen atoms in total. The van der Waals surface area contributed by atoms with Gasteiger partial charge in [-0.2, -0.15) is 0 Å². The molecule has 0 spiro atoms. The van der Waals surface area contributed by atoms with Crippen molar-refractivity contribution in [2.75, 3.05) is 19.6 Å². The Morgan fingerprint density at radius 1 is 1.27 bits per heavy atom. The van der Waals surface area contributed by atoms with Crippen LogP contribution < -0.4 is 11.1 Å². The Labute approximate surface area is 91.2 Å². The molecule has 1 aliphatic heterocycles. The van der Waals surface area contributed by atoms with Crippen molar-refractivity contribution >= 4 is 5.91 Å². The zero-order chi connectivity index (χ0) is 10.7. The second kappa shape index (κ2) is 4.94. The summed E-state index contributed by atoms with van der Waals surface area (Å²) in [5, 5.41) is 3.05. The first-order valence-corrected chi connectivity index (χ1v) is 6.05. The summed E-state index contributed by atoms with van der Waals surface area (Å²) in [4.78, 5) is 13.8. The molecule has 0 aromatic heterocycles. The van der Waals surface area contributed by atoms with E-state index in [-0.39, 0.29) is 12.5 Å². The SMILES string of the molecule is NCC(=O)N[C@@H]1CCC[C@H]1N1CCCC1. The van der Waals surface area contributed by atoms with Crippen LogP contribution in [-0.4, -0.2) is 42.5 Å². The molecule has 0 aromatic rings. The number of likely N-dealkylation sites (tertiary alicyclic amines) is 1. The average molecular weight is 211 g/mol. The molecule has 1 saturated heterocycles. The molecular weight excluding hydrogens is 190 g/mol. The fourth-order valence-corrected chi connectivity index (χ4v) is 2.88. The number of nitrogens with one attached hydrogen (secondary N) is 1. The molecular formula is C11H21N3O. The second-order valence-electron chi connectivity index (χ2n) is 4.62. The lowest BCUT2D eigenvalue weighted by Gasteiger charge is -2.29. The van der Waals surface area contributed by atoms with E-state index in [2.05, 4.69) is 10.2 Å². The molecule has 0 radical (unpaired) electrons. The fraction of sp³-hybridized carbons (Fsp3) is 0.909. The van der Waals surface area contributed by atoms with Gasteiger partial charge in [0, 0.05) is 12.1 Å². The van der Waals surface area contributed by atoms with Gasteiger partial charge in [0.2, 0.25) is 5.91 Å². The van der Waals surface area contributed by atoms with Crippen LogP contribution in [0.15, 0.2) is 0 Å².